The number of ether oxygens (including phenoxy) is 2. The van der Waals surface area contributed by atoms with E-state index in [1.807, 2.05) is 11.8 Å². The molecule has 6 nitrogen and oxygen atoms in total. The third-order valence-electron chi connectivity index (χ3n) is 4.54. The number of rotatable bonds is 10. The Morgan fingerprint density at radius 1 is 1.08 bits per heavy atom. The Balaban J connectivity index is 2.61. The standard InChI is InChI=1S/C19H33NO5/c1-4-6-7-8-10-17(22)20-13-9-12-19(15-20,11-5-2)25-18(23)24-14-16(3)21/h4-15H2,1-3H3. The largest absolute Gasteiger partial charge is 0.509 e. The number of nitrogens with zero attached hydrogens (tertiary/aromatic N) is 1. The highest BCUT2D eigenvalue weighted by atomic mass is 16.7. The summed E-state index contributed by atoms with van der Waals surface area (Å²) in [5.41, 5.74) is -0.694. The van der Waals surface area contributed by atoms with Crippen LogP contribution in [-0.2, 0) is 19.1 Å². The van der Waals surface area contributed by atoms with Gasteiger partial charge < -0.3 is 14.4 Å². The van der Waals surface area contributed by atoms with Crippen LogP contribution >= 0.6 is 0 Å². The molecule has 0 bridgehead atoms. The molecular weight excluding hydrogens is 322 g/mol. The summed E-state index contributed by atoms with van der Waals surface area (Å²) in [5, 5.41) is 0. The van der Waals surface area contributed by atoms with Gasteiger partial charge in [0.2, 0.25) is 5.91 Å². The summed E-state index contributed by atoms with van der Waals surface area (Å²) in [5.74, 6) is -0.0917. The van der Waals surface area contributed by atoms with Gasteiger partial charge in [-0.15, -0.1) is 0 Å². The zero-order chi connectivity index (χ0) is 18.7. The molecule has 0 saturated carbocycles. The molecule has 1 unspecified atom stereocenters. The molecule has 0 aliphatic carbocycles. The van der Waals surface area contributed by atoms with Crippen molar-refractivity contribution in [3.63, 3.8) is 0 Å². The molecular formula is C19H33NO5. The second kappa shape index (κ2) is 11.1. The van der Waals surface area contributed by atoms with Crippen LogP contribution in [0, 0.1) is 0 Å². The lowest BCUT2D eigenvalue weighted by atomic mass is 9.88. The molecule has 0 N–H and O–H groups in total. The average Bonchev–Trinajstić information content (AvgIpc) is 2.57. The van der Waals surface area contributed by atoms with Crippen molar-refractivity contribution in [3.8, 4) is 0 Å². The second-order valence-corrected chi connectivity index (χ2v) is 7.01. The number of ketones is 1. The highest BCUT2D eigenvalue weighted by molar-refractivity contribution is 5.79. The maximum atomic E-state index is 12.5. The first kappa shape index (κ1) is 21.5. The normalized spacial score (nSPS) is 20.2. The van der Waals surface area contributed by atoms with E-state index in [9.17, 15) is 14.4 Å². The van der Waals surface area contributed by atoms with E-state index >= 15 is 0 Å². The Bertz CT molecular complexity index is 447. The summed E-state index contributed by atoms with van der Waals surface area (Å²) in [4.78, 5) is 37.2. The molecule has 0 aromatic rings. The van der Waals surface area contributed by atoms with Crippen LogP contribution in [0.15, 0.2) is 0 Å². The van der Waals surface area contributed by atoms with Gasteiger partial charge in [0.25, 0.3) is 0 Å². The van der Waals surface area contributed by atoms with E-state index in [0.29, 0.717) is 25.9 Å². The van der Waals surface area contributed by atoms with Crippen LogP contribution in [0.4, 0.5) is 4.79 Å². The van der Waals surface area contributed by atoms with Crippen molar-refractivity contribution in [1.82, 2.24) is 4.90 Å². The first-order chi connectivity index (χ1) is 11.9. The van der Waals surface area contributed by atoms with Crippen LogP contribution in [0.5, 0.6) is 0 Å². The van der Waals surface area contributed by atoms with Crippen molar-refractivity contribution in [2.24, 2.45) is 0 Å². The number of piperidine rings is 1. The quantitative estimate of drug-likeness (QED) is 0.439. The van der Waals surface area contributed by atoms with Gasteiger partial charge in [0.15, 0.2) is 12.4 Å². The summed E-state index contributed by atoms with van der Waals surface area (Å²) in [6, 6.07) is 0. The Kier molecular flexibility index (Phi) is 9.53. The zero-order valence-corrected chi connectivity index (χ0v) is 16.0. The Morgan fingerprint density at radius 2 is 1.84 bits per heavy atom. The minimum Gasteiger partial charge on any atom is -0.426 e. The highest BCUT2D eigenvalue weighted by Crippen LogP contribution is 2.31. The predicted molar refractivity (Wildman–Crippen MR) is 95.3 cm³/mol. The minimum absolute atomic E-state index is 0.136. The molecule has 1 heterocycles. The summed E-state index contributed by atoms with van der Waals surface area (Å²) in [6.07, 6.45) is 7.07. The van der Waals surface area contributed by atoms with Gasteiger partial charge >= 0.3 is 6.16 Å². The lowest BCUT2D eigenvalue weighted by Gasteiger charge is -2.41. The smallest absolute Gasteiger partial charge is 0.426 e. The van der Waals surface area contributed by atoms with Crippen LogP contribution in [-0.4, -0.2) is 48.0 Å². The molecule has 25 heavy (non-hydrogen) atoms. The number of likely N-dealkylation sites (tertiary alicyclic amines) is 1. The topological polar surface area (TPSA) is 72.9 Å². The first-order valence-corrected chi connectivity index (χ1v) is 9.55. The lowest BCUT2D eigenvalue weighted by Crippen LogP contribution is -2.52. The number of unbranched alkanes of at least 4 members (excludes halogenated alkanes) is 3. The molecule has 1 rings (SSSR count). The minimum atomic E-state index is -0.819. The van der Waals surface area contributed by atoms with Gasteiger partial charge in [0.05, 0.1) is 6.54 Å². The van der Waals surface area contributed by atoms with Crippen LogP contribution in [0.3, 0.4) is 0 Å². The van der Waals surface area contributed by atoms with Gasteiger partial charge in [-0.25, -0.2) is 4.79 Å². The number of Topliss-reactive ketones (excluding diaryl/α,β-unsaturated/α-hetero) is 1. The van der Waals surface area contributed by atoms with Crippen LogP contribution in [0.25, 0.3) is 0 Å². The molecule has 1 atom stereocenters. The molecule has 6 heteroatoms. The fourth-order valence-electron chi connectivity index (χ4n) is 3.33. The molecule has 1 saturated heterocycles. The monoisotopic (exact) mass is 355 g/mol. The lowest BCUT2D eigenvalue weighted by molar-refractivity contribution is -0.141. The molecule has 0 aromatic carbocycles. The Morgan fingerprint density at radius 3 is 2.48 bits per heavy atom. The molecule has 1 aliphatic heterocycles. The van der Waals surface area contributed by atoms with Crippen LogP contribution in [0.2, 0.25) is 0 Å². The number of carbonyl (C=O) groups excluding carboxylic acids is 3. The number of hydrogen-bond acceptors (Lipinski definition) is 5. The molecule has 1 aliphatic rings. The molecule has 1 amide bonds. The third-order valence-corrected chi connectivity index (χ3v) is 4.54. The zero-order valence-electron chi connectivity index (χ0n) is 16.0. The molecule has 0 radical (unpaired) electrons. The van der Waals surface area contributed by atoms with E-state index in [1.54, 1.807) is 0 Å². The maximum Gasteiger partial charge on any atom is 0.509 e. The van der Waals surface area contributed by atoms with Crippen molar-refractivity contribution in [2.45, 2.75) is 84.2 Å². The Labute approximate surface area is 151 Å². The van der Waals surface area contributed by atoms with Crippen LogP contribution < -0.4 is 0 Å². The van der Waals surface area contributed by atoms with Crippen molar-refractivity contribution in [2.75, 3.05) is 19.7 Å². The second-order valence-electron chi connectivity index (χ2n) is 7.01. The molecule has 1 fully saturated rings. The Hall–Kier alpha value is -1.59. The van der Waals surface area contributed by atoms with Crippen molar-refractivity contribution in [1.29, 1.82) is 0 Å². The van der Waals surface area contributed by atoms with Gasteiger partial charge in [0.1, 0.15) is 5.60 Å². The van der Waals surface area contributed by atoms with E-state index in [0.717, 1.165) is 44.9 Å². The van der Waals surface area contributed by atoms with E-state index in [2.05, 4.69) is 6.92 Å². The highest BCUT2D eigenvalue weighted by Gasteiger charge is 2.40. The third kappa shape index (κ3) is 7.88. The number of hydrogen-bond donors (Lipinski definition) is 0. The maximum absolute atomic E-state index is 12.5. The van der Waals surface area contributed by atoms with E-state index < -0.39 is 11.8 Å². The van der Waals surface area contributed by atoms with Crippen LogP contribution in [0.1, 0.15) is 78.6 Å². The van der Waals surface area contributed by atoms with Gasteiger partial charge in [-0.2, -0.15) is 0 Å². The summed E-state index contributed by atoms with van der Waals surface area (Å²) in [7, 11) is 0. The average molecular weight is 355 g/mol. The fraction of sp³-hybridized carbons (Fsp3) is 0.842. The van der Waals surface area contributed by atoms with Gasteiger partial charge in [-0.05, 0) is 32.6 Å². The van der Waals surface area contributed by atoms with Gasteiger partial charge in [0, 0.05) is 13.0 Å². The van der Waals surface area contributed by atoms with E-state index in [1.165, 1.54) is 6.92 Å². The summed E-state index contributed by atoms with van der Waals surface area (Å²) >= 11 is 0. The first-order valence-electron chi connectivity index (χ1n) is 9.55. The predicted octanol–water partition coefficient (Wildman–Crippen LogP) is 3.86. The number of carbonyl (C=O) groups is 3. The van der Waals surface area contributed by atoms with Crippen molar-refractivity contribution >= 4 is 17.8 Å². The van der Waals surface area contributed by atoms with E-state index in [-0.39, 0.29) is 18.3 Å². The SMILES string of the molecule is CCCCCCC(=O)N1CCCC(CCC)(OC(=O)OCC(C)=O)C1. The molecule has 0 spiro atoms. The van der Waals surface area contributed by atoms with Gasteiger partial charge in [-0.1, -0.05) is 39.5 Å². The summed E-state index contributed by atoms with van der Waals surface area (Å²) in [6.45, 7) is 6.38. The molecule has 0 aromatic heterocycles. The van der Waals surface area contributed by atoms with E-state index in [4.69, 9.17) is 9.47 Å². The number of amides is 1. The van der Waals surface area contributed by atoms with Gasteiger partial charge in [-0.3, -0.25) is 9.59 Å². The summed E-state index contributed by atoms with van der Waals surface area (Å²) < 4.78 is 10.4. The van der Waals surface area contributed by atoms with Crippen molar-refractivity contribution < 1.29 is 23.9 Å². The fourth-order valence-corrected chi connectivity index (χ4v) is 3.33. The van der Waals surface area contributed by atoms with Crippen molar-refractivity contribution in [3.05, 3.63) is 0 Å². The molecule has 144 valence electrons.